The zero-order valence-electron chi connectivity index (χ0n) is 10.3. The standard InChI is InChI=1S/C12H19NO2/c1-7-12(5,6)10(15)8(13-7)9(14)11(2,3)4/h14H,1-6H3/b9-8+. The number of carbonyl (C=O) groups is 1. The van der Waals surface area contributed by atoms with E-state index in [9.17, 15) is 9.90 Å². The van der Waals surface area contributed by atoms with Gasteiger partial charge < -0.3 is 5.11 Å². The fourth-order valence-electron chi connectivity index (χ4n) is 1.33. The number of aliphatic hydroxyl groups excluding tert-OH is 1. The Kier molecular flexibility index (Phi) is 2.54. The second kappa shape index (κ2) is 3.19. The Bertz CT molecular complexity index is 368. The van der Waals surface area contributed by atoms with Crippen LogP contribution in [0.15, 0.2) is 16.4 Å². The van der Waals surface area contributed by atoms with Crippen LogP contribution in [0.25, 0.3) is 0 Å². The fraction of sp³-hybridized carbons (Fsp3) is 0.667. The van der Waals surface area contributed by atoms with Crippen molar-refractivity contribution in [2.45, 2.75) is 41.5 Å². The molecule has 1 heterocycles. The number of Topliss-reactive ketones (excluding diaryl/α,β-unsaturated/α-hetero) is 1. The maximum Gasteiger partial charge on any atom is 0.195 e. The van der Waals surface area contributed by atoms with Gasteiger partial charge in [-0.25, -0.2) is 4.99 Å². The zero-order chi connectivity index (χ0) is 12.0. The van der Waals surface area contributed by atoms with Gasteiger partial charge >= 0.3 is 0 Å². The van der Waals surface area contributed by atoms with Crippen LogP contribution in [0.4, 0.5) is 0 Å². The highest BCUT2D eigenvalue weighted by atomic mass is 16.3. The second-order valence-electron chi connectivity index (χ2n) is 5.60. The van der Waals surface area contributed by atoms with E-state index in [0.717, 1.165) is 5.71 Å². The van der Waals surface area contributed by atoms with Crippen LogP contribution in [0.2, 0.25) is 0 Å². The van der Waals surface area contributed by atoms with Crippen molar-refractivity contribution in [1.29, 1.82) is 0 Å². The van der Waals surface area contributed by atoms with E-state index in [-0.39, 0.29) is 17.2 Å². The Morgan fingerprint density at radius 3 is 2.07 bits per heavy atom. The Hall–Kier alpha value is -1.12. The minimum atomic E-state index is -0.575. The van der Waals surface area contributed by atoms with Crippen LogP contribution in [0.1, 0.15) is 41.5 Å². The van der Waals surface area contributed by atoms with Gasteiger partial charge in [0.1, 0.15) is 11.5 Å². The second-order valence-corrected chi connectivity index (χ2v) is 5.60. The molecular weight excluding hydrogens is 190 g/mol. The summed E-state index contributed by atoms with van der Waals surface area (Å²) in [4.78, 5) is 16.2. The maximum absolute atomic E-state index is 12.0. The molecule has 0 atom stereocenters. The lowest BCUT2D eigenvalue weighted by atomic mass is 9.83. The molecule has 1 aliphatic heterocycles. The van der Waals surface area contributed by atoms with Crippen molar-refractivity contribution in [3.05, 3.63) is 11.5 Å². The normalized spacial score (nSPS) is 24.1. The molecule has 0 saturated heterocycles. The Morgan fingerprint density at radius 1 is 1.33 bits per heavy atom. The molecule has 1 N–H and O–H groups in total. The summed E-state index contributed by atoms with van der Waals surface area (Å²) in [5.74, 6) is -0.00940. The molecule has 0 aromatic carbocycles. The average Bonchev–Trinajstić information content (AvgIpc) is 2.26. The lowest BCUT2D eigenvalue weighted by Crippen LogP contribution is -2.27. The highest BCUT2D eigenvalue weighted by Gasteiger charge is 2.41. The molecule has 3 nitrogen and oxygen atoms in total. The van der Waals surface area contributed by atoms with E-state index in [4.69, 9.17) is 0 Å². The van der Waals surface area contributed by atoms with Gasteiger partial charge in [-0.15, -0.1) is 0 Å². The monoisotopic (exact) mass is 209 g/mol. The van der Waals surface area contributed by atoms with Gasteiger partial charge in [-0.3, -0.25) is 4.79 Å². The Balaban J connectivity index is 3.30. The summed E-state index contributed by atoms with van der Waals surface area (Å²) in [6.07, 6.45) is 0. The highest BCUT2D eigenvalue weighted by Crippen LogP contribution is 2.36. The van der Waals surface area contributed by atoms with Crippen molar-refractivity contribution in [3.8, 4) is 0 Å². The number of nitrogens with zero attached hydrogens (tertiary/aromatic N) is 1. The van der Waals surface area contributed by atoms with Crippen molar-refractivity contribution in [2.24, 2.45) is 15.8 Å². The highest BCUT2D eigenvalue weighted by molar-refractivity contribution is 6.20. The molecule has 15 heavy (non-hydrogen) atoms. The van der Waals surface area contributed by atoms with Crippen LogP contribution in [-0.2, 0) is 4.79 Å². The number of aliphatic hydroxyl groups is 1. The molecular formula is C12H19NO2. The van der Waals surface area contributed by atoms with Gasteiger partial charge in [-0.2, -0.15) is 0 Å². The quantitative estimate of drug-likeness (QED) is 0.492. The molecule has 0 saturated carbocycles. The number of allylic oxidation sites excluding steroid dienone is 2. The van der Waals surface area contributed by atoms with Crippen LogP contribution < -0.4 is 0 Å². The number of carbonyl (C=O) groups excluding carboxylic acids is 1. The zero-order valence-corrected chi connectivity index (χ0v) is 10.3. The third-order valence-electron chi connectivity index (χ3n) is 2.90. The van der Waals surface area contributed by atoms with E-state index in [1.54, 1.807) is 0 Å². The van der Waals surface area contributed by atoms with Crippen molar-refractivity contribution < 1.29 is 9.90 Å². The summed E-state index contributed by atoms with van der Waals surface area (Å²) in [6.45, 7) is 11.1. The summed E-state index contributed by atoms with van der Waals surface area (Å²) in [7, 11) is 0. The topological polar surface area (TPSA) is 49.7 Å². The molecule has 0 bridgehead atoms. The van der Waals surface area contributed by atoms with Gasteiger partial charge in [0.15, 0.2) is 5.78 Å². The summed E-state index contributed by atoms with van der Waals surface area (Å²) in [5, 5.41) is 9.96. The lowest BCUT2D eigenvalue weighted by Gasteiger charge is -2.19. The number of rotatable bonds is 0. The van der Waals surface area contributed by atoms with Crippen molar-refractivity contribution >= 4 is 11.5 Å². The van der Waals surface area contributed by atoms with Crippen molar-refractivity contribution in [3.63, 3.8) is 0 Å². The Labute approximate surface area is 90.9 Å². The first-order valence-corrected chi connectivity index (χ1v) is 5.12. The molecule has 0 spiro atoms. The first-order valence-electron chi connectivity index (χ1n) is 5.12. The van der Waals surface area contributed by atoms with Gasteiger partial charge in [-0.1, -0.05) is 20.8 Å². The summed E-state index contributed by atoms with van der Waals surface area (Å²) in [6, 6.07) is 0. The third-order valence-corrected chi connectivity index (χ3v) is 2.90. The number of aliphatic imine (C=N–C) groups is 1. The van der Waals surface area contributed by atoms with E-state index in [2.05, 4.69) is 4.99 Å². The molecule has 84 valence electrons. The minimum absolute atomic E-state index is 0.0809. The van der Waals surface area contributed by atoms with E-state index >= 15 is 0 Å². The van der Waals surface area contributed by atoms with Crippen molar-refractivity contribution in [1.82, 2.24) is 0 Å². The van der Waals surface area contributed by atoms with Gasteiger partial charge in [0.2, 0.25) is 0 Å². The van der Waals surface area contributed by atoms with E-state index in [1.165, 1.54) is 0 Å². The number of hydrogen-bond donors (Lipinski definition) is 1. The molecule has 0 aliphatic carbocycles. The largest absolute Gasteiger partial charge is 0.509 e. The van der Waals surface area contributed by atoms with Gasteiger partial charge in [0.25, 0.3) is 0 Å². The third kappa shape index (κ3) is 1.83. The molecule has 0 fully saturated rings. The predicted molar refractivity (Wildman–Crippen MR) is 61.0 cm³/mol. The summed E-state index contributed by atoms with van der Waals surface area (Å²) in [5.41, 5.74) is -0.0210. The van der Waals surface area contributed by atoms with Crippen LogP contribution in [0.3, 0.4) is 0 Å². The molecule has 3 heteroatoms. The number of ketones is 1. The smallest absolute Gasteiger partial charge is 0.195 e. The Morgan fingerprint density at radius 2 is 1.80 bits per heavy atom. The van der Waals surface area contributed by atoms with Gasteiger partial charge in [0.05, 0.1) is 5.41 Å². The summed E-state index contributed by atoms with van der Waals surface area (Å²) >= 11 is 0. The van der Waals surface area contributed by atoms with Crippen LogP contribution in [-0.4, -0.2) is 16.6 Å². The first-order chi connectivity index (χ1) is 6.58. The molecule has 1 aliphatic rings. The molecule has 0 unspecified atom stereocenters. The van der Waals surface area contributed by atoms with E-state index < -0.39 is 10.8 Å². The average molecular weight is 209 g/mol. The lowest BCUT2D eigenvalue weighted by molar-refractivity contribution is -0.120. The predicted octanol–water partition coefficient (Wildman–Crippen LogP) is 2.87. The summed E-state index contributed by atoms with van der Waals surface area (Å²) < 4.78 is 0. The van der Waals surface area contributed by atoms with Crippen LogP contribution in [0, 0.1) is 10.8 Å². The first kappa shape index (κ1) is 12.0. The molecule has 1 rings (SSSR count). The van der Waals surface area contributed by atoms with Gasteiger partial charge in [-0.05, 0) is 20.8 Å². The molecule has 0 amide bonds. The van der Waals surface area contributed by atoms with Gasteiger partial charge in [0, 0.05) is 11.1 Å². The van der Waals surface area contributed by atoms with Crippen molar-refractivity contribution in [2.75, 3.05) is 0 Å². The SMILES string of the molecule is CC1=N/C(=C(/O)C(C)(C)C)C(=O)C1(C)C. The molecule has 0 radical (unpaired) electrons. The van der Waals surface area contributed by atoms with Crippen LogP contribution >= 0.6 is 0 Å². The molecule has 0 aromatic heterocycles. The van der Waals surface area contributed by atoms with E-state index in [1.807, 2.05) is 41.5 Å². The fourth-order valence-corrected chi connectivity index (χ4v) is 1.33. The van der Waals surface area contributed by atoms with Crippen LogP contribution in [0.5, 0.6) is 0 Å². The minimum Gasteiger partial charge on any atom is -0.509 e. The van der Waals surface area contributed by atoms with E-state index in [0.29, 0.717) is 0 Å². The number of hydrogen-bond acceptors (Lipinski definition) is 3. The molecule has 0 aromatic rings. The maximum atomic E-state index is 12.0.